The molecule has 1 nitrogen and oxygen atoms in total. The number of benzene rings is 1. The Morgan fingerprint density at radius 3 is 2.60 bits per heavy atom. The number of unbranched alkanes of at least 4 members (excludes halogenated alkanes) is 1. The van der Waals surface area contributed by atoms with Crippen LogP contribution in [0.25, 0.3) is 0 Å². The van der Waals surface area contributed by atoms with E-state index in [4.69, 9.17) is 11.6 Å². The molecule has 4 heteroatoms. The zero-order valence-electron chi connectivity index (χ0n) is 8.10. The molecule has 1 aromatic rings. The molecule has 0 saturated heterocycles. The van der Waals surface area contributed by atoms with Crippen LogP contribution >= 0.6 is 11.6 Å². The Hall–Kier alpha value is -0.960. The molecule has 0 radical (unpaired) electrons. The number of carbonyl (C=O) groups excluding carboxylic acids is 1. The maximum absolute atomic E-state index is 13.1. The van der Waals surface area contributed by atoms with E-state index in [2.05, 4.69) is 0 Å². The molecule has 0 atom stereocenters. The third-order valence-corrected chi connectivity index (χ3v) is 2.29. The molecule has 0 aliphatic carbocycles. The molecule has 0 bridgehead atoms. The molecule has 1 rings (SSSR count). The molecule has 0 spiro atoms. The second-order valence-electron chi connectivity index (χ2n) is 3.19. The minimum absolute atomic E-state index is 0.0500. The lowest BCUT2D eigenvalue weighted by molar-refractivity contribution is 0.0976. The molecule has 0 unspecified atom stereocenters. The van der Waals surface area contributed by atoms with Gasteiger partial charge in [0, 0.05) is 18.4 Å². The SMILES string of the molecule is O=C(CCCCCl)c1ccc(F)cc1F. The van der Waals surface area contributed by atoms with Crippen LogP contribution in [0.4, 0.5) is 8.78 Å². The summed E-state index contributed by atoms with van der Waals surface area (Å²) >= 11 is 5.45. The predicted molar refractivity (Wildman–Crippen MR) is 55.3 cm³/mol. The summed E-state index contributed by atoms with van der Waals surface area (Å²) in [5.41, 5.74) is -0.0500. The van der Waals surface area contributed by atoms with E-state index in [0.29, 0.717) is 12.3 Å². The van der Waals surface area contributed by atoms with E-state index in [1.165, 1.54) is 6.07 Å². The van der Waals surface area contributed by atoms with Gasteiger partial charge in [-0.15, -0.1) is 11.6 Å². The van der Waals surface area contributed by atoms with Crippen molar-refractivity contribution in [1.29, 1.82) is 0 Å². The molecule has 82 valence electrons. The average molecular weight is 233 g/mol. The first kappa shape index (κ1) is 12.1. The molecule has 0 aliphatic rings. The molecule has 0 saturated carbocycles. The fourth-order valence-corrected chi connectivity index (χ4v) is 1.42. The van der Waals surface area contributed by atoms with Crippen molar-refractivity contribution in [3.05, 3.63) is 35.4 Å². The van der Waals surface area contributed by atoms with Crippen LogP contribution in [0.15, 0.2) is 18.2 Å². The monoisotopic (exact) mass is 232 g/mol. The lowest BCUT2D eigenvalue weighted by Gasteiger charge is -2.01. The molecule has 0 N–H and O–H groups in total. The van der Waals surface area contributed by atoms with Crippen LogP contribution in [-0.4, -0.2) is 11.7 Å². The van der Waals surface area contributed by atoms with Crippen molar-refractivity contribution < 1.29 is 13.6 Å². The van der Waals surface area contributed by atoms with Crippen molar-refractivity contribution in [1.82, 2.24) is 0 Å². The fourth-order valence-electron chi connectivity index (χ4n) is 1.23. The molecule has 15 heavy (non-hydrogen) atoms. The van der Waals surface area contributed by atoms with E-state index in [0.717, 1.165) is 18.6 Å². The van der Waals surface area contributed by atoms with Crippen LogP contribution in [0.1, 0.15) is 29.6 Å². The van der Waals surface area contributed by atoms with Crippen molar-refractivity contribution in [2.75, 3.05) is 5.88 Å². The molecular weight excluding hydrogens is 222 g/mol. The van der Waals surface area contributed by atoms with E-state index in [-0.39, 0.29) is 17.8 Å². The Kier molecular flexibility index (Phi) is 4.69. The number of hydrogen-bond donors (Lipinski definition) is 0. The summed E-state index contributed by atoms with van der Waals surface area (Å²) in [7, 11) is 0. The summed E-state index contributed by atoms with van der Waals surface area (Å²) in [6.07, 6.45) is 1.59. The number of rotatable bonds is 5. The number of hydrogen-bond acceptors (Lipinski definition) is 1. The lowest BCUT2D eigenvalue weighted by atomic mass is 10.1. The molecule has 0 heterocycles. The maximum Gasteiger partial charge on any atom is 0.165 e. The minimum atomic E-state index is -0.800. The standard InChI is InChI=1S/C11H11ClF2O/c12-6-2-1-3-11(15)9-5-4-8(13)7-10(9)14/h4-5,7H,1-3,6H2. The zero-order chi connectivity index (χ0) is 11.3. The van der Waals surface area contributed by atoms with Crippen molar-refractivity contribution in [3.8, 4) is 0 Å². The second-order valence-corrected chi connectivity index (χ2v) is 3.57. The molecule has 1 aromatic carbocycles. The first-order chi connectivity index (χ1) is 7.15. The summed E-state index contributed by atoms with van der Waals surface area (Å²) in [5.74, 6) is -1.30. The van der Waals surface area contributed by atoms with Gasteiger partial charge in [0.1, 0.15) is 11.6 Å². The van der Waals surface area contributed by atoms with Crippen molar-refractivity contribution in [2.24, 2.45) is 0 Å². The van der Waals surface area contributed by atoms with Gasteiger partial charge in [0.15, 0.2) is 5.78 Å². The van der Waals surface area contributed by atoms with Crippen molar-refractivity contribution in [2.45, 2.75) is 19.3 Å². The molecular formula is C11H11ClF2O. The highest BCUT2D eigenvalue weighted by Crippen LogP contribution is 2.13. The Morgan fingerprint density at radius 1 is 1.27 bits per heavy atom. The van der Waals surface area contributed by atoms with Gasteiger partial charge < -0.3 is 0 Å². The normalized spacial score (nSPS) is 10.3. The predicted octanol–water partition coefficient (Wildman–Crippen LogP) is 3.56. The summed E-state index contributed by atoms with van der Waals surface area (Å²) in [6, 6.07) is 2.97. The van der Waals surface area contributed by atoms with Gasteiger partial charge >= 0.3 is 0 Å². The van der Waals surface area contributed by atoms with E-state index in [1.54, 1.807) is 0 Å². The largest absolute Gasteiger partial charge is 0.294 e. The Labute approximate surface area is 92.1 Å². The highest BCUT2D eigenvalue weighted by Gasteiger charge is 2.11. The Bertz CT molecular complexity index is 352. The fraction of sp³-hybridized carbons (Fsp3) is 0.364. The van der Waals surface area contributed by atoms with Gasteiger partial charge in [-0.1, -0.05) is 0 Å². The van der Waals surface area contributed by atoms with Gasteiger partial charge in [-0.05, 0) is 25.0 Å². The highest BCUT2D eigenvalue weighted by atomic mass is 35.5. The van der Waals surface area contributed by atoms with Crippen LogP contribution in [0, 0.1) is 11.6 Å². The number of ketones is 1. The third kappa shape index (κ3) is 3.59. The summed E-state index contributed by atoms with van der Waals surface area (Å²) in [5, 5.41) is 0. The molecule has 0 aliphatic heterocycles. The number of Topliss-reactive ketones (excluding diaryl/α,β-unsaturated/α-hetero) is 1. The van der Waals surface area contributed by atoms with Crippen molar-refractivity contribution in [3.63, 3.8) is 0 Å². The van der Waals surface area contributed by atoms with Gasteiger partial charge in [0.05, 0.1) is 5.56 Å². The van der Waals surface area contributed by atoms with Crippen LogP contribution < -0.4 is 0 Å². The topological polar surface area (TPSA) is 17.1 Å². The van der Waals surface area contributed by atoms with Crippen LogP contribution in [-0.2, 0) is 0 Å². The Morgan fingerprint density at radius 2 is 2.00 bits per heavy atom. The van der Waals surface area contributed by atoms with E-state index < -0.39 is 11.6 Å². The van der Waals surface area contributed by atoms with Crippen LogP contribution in [0.2, 0.25) is 0 Å². The molecule has 0 fully saturated rings. The second kappa shape index (κ2) is 5.81. The quantitative estimate of drug-likeness (QED) is 0.431. The van der Waals surface area contributed by atoms with Gasteiger partial charge in [0.2, 0.25) is 0 Å². The smallest absolute Gasteiger partial charge is 0.165 e. The zero-order valence-corrected chi connectivity index (χ0v) is 8.86. The average Bonchev–Trinajstić information content (AvgIpc) is 2.17. The van der Waals surface area contributed by atoms with Gasteiger partial charge in [-0.2, -0.15) is 0 Å². The lowest BCUT2D eigenvalue weighted by Crippen LogP contribution is -2.02. The maximum atomic E-state index is 13.1. The van der Waals surface area contributed by atoms with E-state index >= 15 is 0 Å². The number of halogens is 3. The van der Waals surface area contributed by atoms with Crippen LogP contribution in [0.5, 0.6) is 0 Å². The number of alkyl halides is 1. The minimum Gasteiger partial charge on any atom is -0.294 e. The van der Waals surface area contributed by atoms with E-state index in [1.807, 2.05) is 0 Å². The van der Waals surface area contributed by atoms with Gasteiger partial charge in [0.25, 0.3) is 0 Å². The van der Waals surface area contributed by atoms with E-state index in [9.17, 15) is 13.6 Å². The van der Waals surface area contributed by atoms with Crippen molar-refractivity contribution >= 4 is 17.4 Å². The summed E-state index contributed by atoms with van der Waals surface area (Å²) in [6.45, 7) is 0. The summed E-state index contributed by atoms with van der Waals surface area (Å²) < 4.78 is 25.7. The van der Waals surface area contributed by atoms with Crippen LogP contribution in [0.3, 0.4) is 0 Å². The molecule has 0 amide bonds. The summed E-state index contributed by atoms with van der Waals surface area (Å²) in [4.78, 5) is 11.4. The third-order valence-electron chi connectivity index (χ3n) is 2.02. The first-order valence-corrected chi connectivity index (χ1v) is 5.23. The highest BCUT2D eigenvalue weighted by molar-refractivity contribution is 6.17. The first-order valence-electron chi connectivity index (χ1n) is 4.69. The van der Waals surface area contributed by atoms with Gasteiger partial charge in [-0.3, -0.25) is 4.79 Å². The Balaban J connectivity index is 2.65. The molecule has 0 aromatic heterocycles. The number of carbonyl (C=O) groups is 1. The van der Waals surface area contributed by atoms with Gasteiger partial charge in [-0.25, -0.2) is 8.78 Å².